The highest BCUT2D eigenvalue weighted by atomic mass is 32.1. The quantitative estimate of drug-likeness (QED) is 0.543. The molecule has 2 aliphatic rings. The number of rotatable bonds is 3. The number of thiazole rings is 1. The molecule has 6 heteroatoms. The van der Waals surface area contributed by atoms with Crippen LogP contribution in [0.5, 0.6) is 11.5 Å². The Morgan fingerprint density at radius 3 is 2.68 bits per heavy atom. The molecule has 0 saturated heterocycles. The minimum absolute atomic E-state index is 0.129. The molecule has 3 N–H and O–H groups in total. The largest absolute Gasteiger partial charge is 0.504 e. The number of phenolic OH excluding ortho intramolecular Hbond substituents is 2. The number of fused-ring (bicyclic) bond motifs is 2. The second-order valence-electron chi connectivity index (χ2n) is 7.91. The van der Waals surface area contributed by atoms with Gasteiger partial charge in [-0.15, -0.1) is 11.3 Å². The number of aromatic nitrogens is 1. The molecule has 1 heterocycles. The number of hydrogen-bond acceptors (Lipinski definition) is 6. The number of anilines is 1. The van der Waals surface area contributed by atoms with Gasteiger partial charge in [-0.3, -0.25) is 5.43 Å². The molecule has 0 amide bonds. The van der Waals surface area contributed by atoms with Crippen LogP contribution in [0.1, 0.15) is 40.0 Å². The summed E-state index contributed by atoms with van der Waals surface area (Å²) in [4.78, 5) is 4.54. The van der Waals surface area contributed by atoms with E-state index in [9.17, 15) is 10.2 Å². The van der Waals surface area contributed by atoms with Crippen molar-refractivity contribution in [3.63, 3.8) is 0 Å². The summed E-state index contributed by atoms with van der Waals surface area (Å²) in [5.74, 6) is 0.457. The minimum Gasteiger partial charge on any atom is -0.504 e. The van der Waals surface area contributed by atoms with Crippen LogP contribution in [-0.4, -0.2) is 20.9 Å². The molecule has 2 aliphatic carbocycles. The van der Waals surface area contributed by atoms with E-state index >= 15 is 0 Å². The second kappa shape index (κ2) is 5.46. The molecule has 1 aromatic heterocycles. The predicted molar refractivity (Wildman–Crippen MR) is 101 cm³/mol. The fourth-order valence-electron chi connectivity index (χ4n) is 4.35. The maximum atomic E-state index is 9.64. The minimum atomic E-state index is -0.141. The van der Waals surface area contributed by atoms with Crippen molar-refractivity contribution in [3.8, 4) is 22.8 Å². The number of nitrogens with one attached hydrogen (secondary N) is 1. The Morgan fingerprint density at radius 2 is 2.04 bits per heavy atom. The first-order valence-electron chi connectivity index (χ1n) is 8.62. The third-order valence-corrected chi connectivity index (χ3v) is 7.32. The monoisotopic (exact) mass is 357 g/mol. The van der Waals surface area contributed by atoms with Crippen LogP contribution in [0.15, 0.2) is 28.7 Å². The van der Waals surface area contributed by atoms with Crippen LogP contribution in [-0.2, 0) is 0 Å². The number of aromatic hydroxyl groups is 2. The lowest BCUT2D eigenvalue weighted by Gasteiger charge is -2.34. The van der Waals surface area contributed by atoms with Crippen molar-refractivity contribution >= 4 is 22.2 Å². The van der Waals surface area contributed by atoms with Gasteiger partial charge in [0.1, 0.15) is 0 Å². The highest BCUT2D eigenvalue weighted by Gasteiger charge is 2.59. The van der Waals surface area contributed by atoms with Crippen LogP contribution < -0.4 is 5.43 Å². The van der Waals surface area contributed by atoms with Crippen molar-refractivity contribution in [1.29, 1.82) is 0 Å². The van der Waals surface area contributed by atoms with Crippen LogP contribution in [0.2, 0.25) is 0 Å². The van der Waals surface area contributed by atoms with Gasteiger partial charge in [0.15, 0.2) is 11.5 Å². The smallest absolute Gasteiger partial charge is 0.203 e. The molecule has 0 radical (unpaired) electrons. The Hall–Kier alpha value is -2.08. The molecule has 1 aromatic carbocycles. The molecule has 0 unspecified atom stereocenters. The number of hydrazone groups is 1. The molecular weight excluding hydrogens is 334 g/mol. The topological polar surface area (TPSA) is 77.7 Å². The lowest BCUT2D eigenvalue weighted by molar-refractivity contribution is 0.194. The van der Waals surface area contributed by atoms with Crippen LogP contribution in [0.4, 0.5) is 5.13 Å². The highest BCUT2D eigenvalue weighted by molar-refractivity contribution is 7.14. The molecule has 2 bridgehead atoms. The maximum absolute atomic E-state index is 9.64. The average molecular weight is 357 g/mol. The zero-order valence-corrected chi connectivity index (χ0v) is 15.5. The van der Waals surface area contributed by atoms with Crippen molar-refractivity contribution in [2.24, 2.45) is 21.8 Å². The first-order chi connectivity index (χ1) is 11.8. The summed E-state index contributed by atoms with van der Waals surface area (Å²) in [6, 6.07) is 4.72. The van der Waals surface area contributed by atoms with E-state index in [2.05, 4.69) is 31.2 Å². The average Bonchev–Trinajstić information content (AvgIpc) is 3.18. The highest BCUT2D eigenvalue weighted by Crippen LogP contribution is 2.63. The maximum Gasteiger partial charge on any atom is 0.203 e. The Labute approximate surface area is 151 Å². The Balaban J connectivity index is 1.54. The van der Waals surface area contributed by atoms with Crippen molar-refractivity contribution in [2.45, 2.75) is 40.0 Å². The van der Waals surface area contributed by atoms with Crippen molar-refractivity contribution < 1.29 is 10.2 Å². The first-order valence-corrected chi connectivity index (χ1v) is 9.50. The normalized spacial score (nSPS) is 28.6. The molecule has 5 nitrogen and oxygen atoms in total. The molecule has 4 rings (SSSR count). The molecule has 0 aliphatic heterocycles. The molecular formula is C19H23N3O2S. The number of hydrogen-bond donors (Lipinski definition) is 3. The summed E-state index contributed by atoms with van der Waals surface area (Å²) in [5, 5.41) is 26.4. The summed E-state index contributed by atoms with van der Waals surface area (Å²) in [7, 11) is 0. The van der Waals surface area contributed by atoms with E-state index in [1.165, 1.54) is 42.0 Å². The van der Waals surface area contributed by atoms with Crippen molar-refractivity contribution in [3.05, 3.63) is 23.6 Å². The molecule has 2 saturated carbocycles. The summed E-state index contributed by atoms with van der Waals surface area (Å²) < 4.78 is 0. The number of benzene rings is 1. The summed E-state index contributed by atoms with van der Waals surface area (Å²) in [5.41, 5.74) is 6.39. The Morgan fingerprint density at radius 1 is 1.24 bits per heavy atom. The van der Waals surface area contributed by atoms with Gasteiger partial charge in [-0.2, -0.15) is 5.10 Å². The van der Waals surface area contributed by atoms with E-state index in [1.54, 1.807) is 6.07 Å². The first kappa shape index (κ1) is 16.4. The van der Waals surface area contributed by atoms with E-state index in [0.29, 0.717) is 5.41 Å². The van der Waals surface area contributed by atoms with Gasteiger partial charge in [0.2, 0.25) is 5.13 Å². The lowest BCUT2D eigenvalue weighted by atomic mass is 9.70. The number of nitrogens with zero attached hydrogens (tertiary/aromatic N) is 2. The van der Waals surface area contributed by atoms with Gasteiger partial charge in [0.05, 0.1) is 5.69 Å². The summed E-state index contributed by atoms with van der Waals surface area (Å²) >= 11 is 1.48. The summed E-state index contributed by atoms with van der Waals surface area (Å²) in [6.45, 7) is 7.07. The van der Waals surface area contributed by atoms with E-state index < -0.39 is 0 Å². The molecule has 25 heavy (non-hydrogen) atoms. The van der Waals surface area contributed by atoms with Gasteiger partial charge in [-0.05, 0) is 48.8 Å². The predicted octanol–water partition coefficient (Wildman–Crippen LogP) is 4.84. The molecule has 2 fully saturated rings. The standard InChI is InChI=1S/C19H23N3O2S/c1-18(2)12-6-7-19(18,3)16(9-12)21-22-17-20-13(10-25-17)11-4-5-14(23)15(24)8-11/h4-5,8,10,12,23-24H,6-7,9H2,1-3H3,(H,20,22)/b21-16-/t12-,19+/m1/s1. The third-order valence-electron chi connectivity index (χ3n) is 6.57. The molecule has 132 valence electrons. The van der Waals surface area contributed by atoms with Gasteiger partial charge >= 0.3 is 0 Å². The van der Waals surface area contributed by atoms with Gasteiger partial charge < -0.3 is 10.2 Å². The second-order valence-corrected chi connectivity index (χ2v) is 8.76. The van der Waals surface area contributed by atoms with Gasteiger partial charge in [0.25, 0.3) is 0 Å². The van der Waals surface area contributed by atoms with Crippen molar-refractivity contribution in [2.75, 3.05) is 5.43 Å². The lowest BCUT2D eigenvalue weighted by Crippen LogP contribution is -2.32. The van der Waals surface area contributed by atoms with Gasteiger partial charge in [-0.1, -0.05) is 20.8 Å². The van der Waals surface area contributed by atoms with Crippen LogP contribution in [0.3, 0.4) is 0 Å². The van der Waals surface area contributed by atoms with Crippen LogP contribution in [0, 0.1) is 16.7 Å². The number of phenols is 2. The summed E-state index contributed by atoms with van der Waals surface area (Å²) in [6.07, 6.45) is 3.58. The Bertz CT molecular complexity index is 858. The zero-order valence-electron chi connectivity index (χ0n) is 14.7. The van der Waals surface area contributed by atoms with E-state index in [0.717, 1.165) is 28.7 Å². The van der Waals surface area contributed by atoms with Gasteiger partial charge in [0, 0.05) is 22.1 Å². The van der Waals surface area contributed by atoms with Gasteiger partial charge in [-0.25, -0.2) is 4.98 Å². The molecule has 0 spiro atoms. The van der Waals surface area contributed by atoms with E-state index in [4.69, 9.17) is 5.10 Å². The molecule has 2 aromatic rings. The van der Waals surface area contributed by atoms with E-state index in [1.807, 2.05) is 5.38 Å². The SMILES string of the molecule is CC1(C)[C@@H]2CC[C@@]1(C)/C(=N\Nc1nc(-c3ccc(O)c(O)c3)cs1)C2. The van der Waals surface area contributed by atoms with Crippen LogP contribution >= 0.6 is 11.3 Å². The fourth-order valence-corrected chi connectivity index (χ4v) is 5.01. The van der Waals surface area contributed by atoms with E-state index in [-0.39, 0.29) is 16.9 Å². The fraction of sp³-hybridized carbons (Fsp3) is 0.474. The van der Waals surface area contributed by atoms with Crippen LogP contribution in [0.25, 0.3) is 11.3 Å². The zero-order chi connectivity index (χ0) is 17.8. The van der Waals surface area contributed by atoms with Crippen molar-refractivity contribution in [1.82, 2.24) is 4.98 Å². The third kappa shape index (κ3) is 2.42. The molecule has 2 atom stereocenters. The Kier molecular flexibility index (Phi) is 3.58.